The predicted octanol–water partition coefficient (Wildman–Crippen LogP) is 3.09. The van der Waals surface area contributed by atoms with E-state index in [1.54, 1.807) is 22.9 Å². The predicted molar refractivity (Wildman–Crippen MR) is 126 cm³/mol. The van der Waals surface area contributed by atoms with Crippen molar-refractivity contribution in [2.45, 2.75) is 26.2 Å². The first-order valence-electron chi connectivity index (χ1n) is 10.3. The van der Waals surface area contributed by atoms with Gasteiger partial charge in [-0.2, -0.15) is 10.5 Å². The lowest BCUT2D eigenvalue weighted by Crippen LogP contribution is -3.00. The monoisotopic (exact) mass is 604 g/mol. The molecule has 0 atom stereocenters. The van der Waals surface area contributed by atoms with Gasteiger partial charge in [-0.05, 0) is 56.5 Å². The van der Waals surface area contributed by atoms with Crippen LogP contribution >= 0.6 is 34.8 Å². The van der Waals surface area contributed by atoms with Crippen LogP contribution in [-0.2, 0) is 0 Å². The highest BCUT2D eigenvalue weighted by molar-refractivity contribution is 6.35. The van der Waals surface area contributed by atoms with Gasteiger partial charge >= 0.3 is 5.91 Å². The summed E-state index contributed by atoms with van der Waals surface area (Å²) in [6.45, 7) is 3.74. The Morgan fingerprint density at radius 2 is 1.62 bits per heavy atom. The Balaban J connectivity index is 0.00000289. The molecule has 1 aromatic heterocycles. The van der Waals surface area contributed by atoms with Gasteiger partial charge in [-0.1, -0.05) is 46.9 Å². The number of carbonyl (C=O) groups is 1. The van der Waals surface area contributed by atoms with Crippen molar-refractivity contribution in [3.05, 3.63) is 68.8 Å². The molecular weight excluding hydrogens is 582 g/mol. The molecule has 3 aromatic rings. The van der Waals surface area contributed by atoms with Gasteiger partial charge in [0.15, 0.2) is 5.69 Å². The summed E-state index contributed by atoms with van der Waals surface area (Å²) in [4.78, 5) is 13.3. The van der Waals surface area contributed by atoms with Crippen LogP contribution in [0.2, 0.25) is 15.1 Å². The average molecular weight is 606 g/mol. The van der Waals surface area contributed by atoms with Crippen molar-refractivity contribution in [2.75, 3.05) is 20.1 Å². The molecule has 170 valence electrons. The molecule has 0 radical (unpaired) electrons. The van der Waals surface area contributed by atoms with Crippen molar-refractivity contribution in [3.63, 3.8) is 0 Å². The number of nitrogens with zero attached hydrogens (tertiary/aromatic N) is 3. The zero-order chi connectivity index (χ0) is 22.2. The summed E-state index contributed by atoms with van der Waals surface area (Å²) in [5.74, 6) is -0.194. The quantitative estimate of drug-likeness (QED) is 0.367. The number of hydrogen-bond donors (Lipinski definition) is 1. The van der Waals surface area contributed by atoms with E-state index in [0.717, 1.165) is 42.8 Å². The number of piperidine rings is 1. The fraction of sp³-hybridized carbons (Fsp3) is 0.304. The molecule has 4 rings (SSSR count). The maximum absolute atomic E-state index is 13.3. The smallest absolute Gasteiger partial charge is 0.316 e. The first kappa shape index (κ1) is 25.3. The van der Waals surface area contributed by atoms with Crippen LogP contribution in [0.4, 0.5) is 0 Å². The van der Waals surface area contributed by atoms with Crippen molar-refractivity contribution in [2.24, 2.45) is 0 Å². The van der Waals surface area contributed by atoms with Gasteiger partial charge in [0.25, 0.3) is 0 Å². The second-order valence-corrected chi connectivity index (χ2v) is 9.46. The first-order chi connectivity index (χ1) is 14.8. The number of hydrogen-bond acceptors (Lipinski definition) is 2. The molecule has 5 nitrogen and oxygen atoms in total. The summed E-state index contributed by atoms with van der Waals surface area (Å²) >= 11 is 18.7. The molecule has 32 heavy (non-hydrogen) atoms. The second kappa shape index (κ2) is 10.3. The second-order valence-electron chi connectivity index (χ2n) is 8.18. The van der Waals surface area contributed by atoms with Crippen LogP contribution in [0.25, 0.3) is 16.9 Å². The Bertz CT molecular complexity index is 1130. The Kier molecular flexibility index (Phi) is 8.15. The molecule has 1 aliphatic heterocycles. The molecule has 1 saturated heterocycles. The fourth-order valence-electron chi connectivity index (χ4n) is 4.11. The van der Waals surface area contributed by atoms with Crippen molar-refractivity contribution in [1.82, 2.24) is 15.2 Å². The van der Waals surface area contributed by atoms with E-state index in [9.17, 15) is 4.79 Å². The van der Waals surface area contributed by atoms with Crippen LogP contribution in [-0.4, -0.2) is 40.4 Å². The minimum atomic E-state index is -0.194. The molecule has 1 fully saturated rings. The van der Waals surface area contributed by atoms with Crippen LogP contribution in [0.15, 0.2) is 42.5 Å². The molecule has 0 unspecified atom stereocenters. The number of nitrogens with one attached hydrogen (secondary N) is 1. The molecule has 2 aromatic carbocycles. The van der Waals surface area contributed by atoms with E-state index in [4.69, 9.17) is 39.9 Å². The van der Waals surface area contributed by atoms with E-state index in [1.165, 1.54) is 6.42 Å². The molecule has 1 N–H and O–H groups in total. The van der Waals surface area contributed by atoms with Crippen LogP contribution in [0, 0.1) is 6.92 Å². The molecular formula is C23H24Cl3IN4O. The van der Waals surface area contributed by atoms with Crippen LogP contribution in [0.1, 0.15) is 35.3 Å². The molecule has 1 amide bonds. The minimum absolute atomic E-state index is 0. The summed E-state index contributed by atoms with van der Waals surface area (Å²) < 4.78 is 2.23. The average Bonchev–Trinajstić information content (AvgIpc) is 3.06. The SMILES string of the molecule is Cc1c(C(=O)N[N+]2(C)CCCCC2)nn(-c2ccc(Cl)cc2Cl)c1-c1ccc(Cl)cc1.[I-]. The Hall–Kier alpha value is -1.32. The van der Waals surface area contributed by atoms with Gasteiger partial charge in [-0.25, -0.2) is 9.27 Å². The third-order valence-corrected chi connectivity index (χ3v) is 6.56. The van der Waals surface area contributed by atoms with Crippen LogP contribution < -0.4 is 29.4 Å². The number of aromatic nitrogens is 2. The maximum Gasteiger partial charge on any atom is 0.316 e. The van der Waals surface area contributed by atoms with Crippen LogP contribution in [0.5, 0.6) is 0 Å². The molecule has 0 spiro atoms. The van der Waals surface area contributed by atoms with Gasteiger partial charge in [0, 0.05) is 21.2 Å². The van der Waals surface area contributed by atoms with E-state index in [0.29, 0.717) is 31.0 Å². The lowest BCUT2D eigenvalue weighted by atomic mass is 10.1. The third kappa shape index (κ3) is 5.25. The molecule has 0 bridgehead atoms. The molecule has 2 heterocycles. The highest BCUT2D eigenvalue weighted by Crippen LogP contribution is 2.33. The number of amides is 1. The lowest BCUT2D eigenvalue weighted by Gasteiger charge is -2.36. The van der Waals surface area contributed by atoms with E-state index in [-0.39, 0.29) is 29.9 Å². The number of likely N-dealkylation sites (tertiary alicyclic amines) is 1. The zero-order valence-electron chi connectivity index (χ0n) is 17.8. The molecule has 9 heteroatoms. The molecule has 0 aliphatic carbocycles. The normalized spacial score (nSPS) is 15.2. The Morgan fingerprint density at radius 3 is 2.25 bits per heavy atom. The van der Waals surface area contributed by atoms with E-state index in [2.05, 4.69) is 12.5 Å². The highest BCUT2D eigenvalue weighted by Gasteiger charge is 2.31. The molecule has 0 saturated carbocycles. The van der Waals surface area contributed by atoms with E-state index < -0.39 is 0 Å². The van der Waals surface area contributed by atoms with Crippen molar-refractivity contribution in [3.8, 4) is 16.9 Å². The molecule has 1 aliphatic rings. The summed E-state index contributed by atoms with van der Waals surface area (Å²) in [5, 5.41) is 6.32. The summed E-state index contributed by atoms with van der Waals surface area (Å²) in [6, 6.07) is 12.7. The summed E-state index contributed by atoms with van der Waals surface area (Å²) in [6.07, 6.45) is 3.40. The van der Waals surface area contributed by atoms with Gasteiger partial charge in [0.1, 0.15) is 13.1 Å². The fourth-order valence-corrected chi connectivity index (χ4v) is 4.72. The van der Waals surface area contributed by atoms with Gasteiger partial charge in [-0.15, -0.1) is 0 Å². The van der Waals surface area contributed by atoms with E-state index >= 15 is 0 Å². The number of quaternary nitrogens is 1. The number of benzene rings is 2. The van der Waals surface area contributed by atoms with Gasteiger partial charge in [-0.3, -0.25) is 4.79 Å². The maximum atomic E-state index is 13.3. The number of halogens is 4. The van der Waals surface area contributed by atoms with E-state index in [1.807, 2.05) is 31.2 Å². The zero-order valence-corrected chi connectivity index (χ0v) is 22.3. The van der Waals surface area contributed by atoms with Gasteiger partial charge in [0.05, 0.1) is 23.5 Å². The van der Waals surface area contributed by atoms with Gasteiger partial charge in [0.2, 0.25) is 0 Å². The summed E-state index contributed by atoms with van der Waals surface area (Å²) in [5.41, 5.74) is 6.65. The standard InChI is InChI=1S/C23H23Cl3N4O.HI/c1-15-21(23(31)28-30(2)12-4-3-5-13-30)27-29(20-11-10-18(25)14-19(20)26)22(15)16-6-8-17(24)9-7-16;/h6-11,14H,3-5,12-13H2,1-2H3;1H. The number of rotatable bonds is 4. The topological polar surface area (TPSA) is 46.9 Å². The first-order valence-corrected chi connectivity index (χ1v) is 11.4. The van der Waals surface area contributed by atoms with Crippen LogP contribution in [0.3, 0.4) is 0 Å². The number of carbonyl (C=O) groups excluding carboxylic acids is 1. The lowest BCUT2D eigenvalue weighted by molar-refractivity contribution is -0.947. The van der Waals surface area contributed by atoms with Crippen molar-refractivity contribution < 1.29 is 33.4 Å². The Labute approximate surface area is 220 Å². The Morgan fingerprint density at radius 1 is 1.00 bits per heavy atom. The largest absolute Gasteiger partial charge is 1.00 e. The van der Waals surface area contributed by atoms with Gasteiger partial charge < -0.3 is 24.0 Å². The highest BCUT2D eigenvalue weighted by atomic mass is 127. The van der Waals surface area contributed by atoms with Crippen molar-refractivity contribution in [1.29, 1.82) is 0 Å². The summed E-state index contributed by atoms with van der Waals surface area (Å²) in [7, 11) is 2.06. The third-order valence-electron chi connectivity index (χ3n) is 5.77. The van der Waals surface area contributed by atoms with Crippen molar-refractivity contribution >= 4 is 40.7 Å². The minimum Gasteiger partial charge on any atom is -1.00 e.